The van der Waals surface area contributed by atoms with Crippen molar-refractivity contribution in [1.29, 1.82) is 0 Å². The van der Waals surface area contributed by atoms with Crippen molar-refractivity contribution in [1.82, 2.24) is 14.9 Å². The van der Waals surface area contributed by atoms with Gasteiger partial charge in [0.25, 0.3) is 5.91 Å². The number of alkyl halides is 3. The van der Waals surface area contributed by atoms with Crippen LogP contribution in [0.25, 0.3) is 0 Å². The Balaban J connectivity index is 2.03. The van der Waals surface area contributed by atoms with Crippen LogP contribution in [0, 0.1) is 6.92 Å². The molecule has 0 aromatic heterocycles. The van der Waals surface area contributed by atoms with E-state index in [-0.39, 0.29) is 16.5 Å². The zero-order valence-electron chi connectivity index (χ0n) is 17.5. The minimum Gasteiger partial charge on any atom is -0.452 e. The van der Waals surface area contributed by atoms with Crippen LogP contribution in [0.5, 0.6) is 0 Å². The Morgan fingerprint density at radius 2 is 1.91 bits per heavy atom. The summed E-state index contributed by atoms with van der Waals surface area (Å²) in [7, 11) is -3.85. The van der Waals surface area contributed by atoms with Gasteiger partial charge in [0.1, 0.15) is 6.54 Å². The molecule has 1 unspecified atom stereocenters. The second-order valence-electron chi connectivity index (χ2n) is 7.36. The number of benzene rings is 1. The van der Waals surface area contributed by atoms with Crippen LogP contribution in [-0.2, 0) is 19.6 Å². The zero-order valence-corrected chi connectivity index (χ0v) is 18.3. The number of carbonyl (C=O) groups is 3. The maximum atomic E-state index is 13.0. The Bertz CT molecular complexity index is 981. The Morgan fingerprint density at radius 3 is 2.53 bits per heavy atom. The van der Waals surface area contributed by atoms with Gasteiger partial charge in [-0.1, -0.05) is 12.5 Å². The van der Waals surface area contributed by atoms with E-state index in [9.17, 15) is 36.0 Å². The van der Waals surface area contributed by atoms with Gasteiger partial charge in [-0.2, -0.15) is 17.5 Å². The van der Waals surface area contributed by atoms with E-state index in [2.05, 4.69) is 0 Å². The summed E-state index contributed by atoms with van der Waals surface area (Å²) in [6.07, 6.45) is -2.27. The van der Waals surface area contributed by atoms with Crippen molar-refractivity contribution >= 4 is 27.9 Å². The molecule has 1 aliphatic rings. The van der Waals surface area contributed by atoms with Crippen molar-refractivity contribution < 1.29 is 40.7 Å². The lowest BCUT2D eigenvalue weighted by molar-refractivity contribution is -0.125. The average Bonchev–Trinajstić information content (AvgIpc) is 2.70. The van der Waals surface area contributed by atoms with Gasteiger partial charge in [-0.15, -0.1) is 0 Å². The zero-order chi connectivity index (χ0) is 24.1. The minimum atomic E-state index is -4.65. The molecular weight excluding hydrogens is 455 g/mol. The topological polar surface area (TPSA) is 122 Å². The van der Waals surface area contributed by atoms with Crippen molar-refractivity contribution in [3.8, 4) is 0 Å². The first-order valence-electron chi connectivity index (χ1n) is 9.75. The van der Waals surface area contributed by atoms with Gasteiger partial charge in [-0.3, -0.25) is 10.1 Å². The van der Waals surface area contributed by atoms with Crippen LogP contribution in [0.15, 0.2) is 23.1 Å². The highest BCUT2D eigenvalue weighted by Crippen LogP contribution is 2.26. The lowest BCUT2D eigenvalue weighted by atomic mass is 10.1. The van der Waals surface area contributed by atoms with E-state index in [0.29, 0.717) is 12.1 Å². The second kappa shape index (κ2) is 10.3. The molecule has 1 aromatic carbocycles. The van der Waals surface area contributed by atoms with Crippen molar-refractivity contribution in [3.63, 3.8) is 0 Å². The number of hydrogen-bond acceptors (Lipinski definition) is 6. The molecule has 0 spiro atoms. The molecule has 1 aliphatic heterocycles. The number of hydrogen-bond donors (Lipinski definition) is 2. The molecule has 32 heavy (non-hydrogen) atoms. The Labute approximate surface area is 183 Å². The number of sulfonamides is 1. The number of ether oxygens (including phenoxy) is 1. The van der Waals surface area contributed by atoms with Crippen LogP contribution in [0.4, 0.5) is 18.0 Å². The fraction of sp³-hybridized carbons (Fsp3) is 0.526. The van der Waals surface area contributed by atoms with E-state index >= 15 is 0 Å². The summed E-state index contributed by atoms with van der Waals surface area (Å²) >= 11 is 0. The van der Waals surface area contributed by atoms with Crippen molar-refractivity contribution in [2.75, 3.05) is 19.7 Å². The van der Waals surface area contributed by atoms with Crippen LogP contribution in [0.3, 0.4) is 0 Å². The minimum absolute atomic E-state index is 0.0925. The lowest BCUT2D eigenvalue weighted by Crippen LogP contribution is -2.44. The summed E-state index contributed by atoms with van der Waals surface area (Å²) in [4.78, 5) is 35.2. The van der Waals surface area contributed by atoms with E-state index in [1.165, 1.54) is 21.8 Å². The standard InChI is InChI=1S/C19H24F3N3O6S/c1-12-6-7-14(32(29,30)25-8-4-3-5-13(25)2)9-15(12)17(27)31-10-16(26)24-18(28)23-11-19(20,21)22/h6-7,9,13H,3-5,8,10-11H2,1-2H3,(H2,23,24,26,28). The van der Waals surface area contributed by atoms with Crippen LogP contribution in [0.1, 0.15) is 42.1 Å². The molecule has 0 radical (unpaired) electrons. The van der Waals surface area contributed by atoms with E-state index in [1.54, 1.807) is 12.2 Å². The van der Waals surface area contributed by atoms with Crippen molar-refractivity contribution in [3.05, 3.63) is 29.3 Å². The lowest BCUT2D eigenvalue weighted by Gasteiger charge is -2.32. The molecule has 1 fully saturated rings. The molecule has 1 heterocycles. The highest BCUT2D eigenvalue weighted by atomic mass is 32.2. The van der Waals surface area contributed by atoms with Gasteiger partial charge in [-0.25, -0.2) is 18.0 Å². The number of nitrogens with zero attached hydrogens (tertiary/aromatic N) is 1. The van der Waals surface area contributed by atoms with Crippen LogP contribution < -0.4 is 10.6 Å². The fourth-order valence-electron chi connectivity index (χ4n) is 3.14. The quantitative estimate of drug-likeness (QED) is 0.603. The molecular formula is C19H24F3N3O6S. The molecule has 1 atom stereocenters. The molecule has 1 aromatic rings. The summed E-state index contributed by atoms with van der Waals surface area (Å²) in [6, 6.07) is 2.38. The number of urea groups is 1. The fourth-order valence-corrected chi connectivity index (χ4v) is 4.87. The molecule has 0 saturated carbocycles. The largest absolute Gasteiger partial charge is 0.452 e. The van der Waals surface area contributed by atoms with Gasteiger partial charge < -0.3 is 10.1 Å². The number of halogens is 3. The highest BCUT2D eigenvalue weighted by molar-refractivity contribution is 7.89. The molecule has 0 bridgehead atoms. The number of amides is 3. The summed E-state index contributed by atoms with van der Waals surface area (Å²) in [5, 5.41) is 3.02. The average molecular weight is 479 g/mol. The third-order valence-corrected chi connectivity index (χ3v) is 6.82. The SMILES string of the molecule is Cc1ccc(S(=O)(=O)N2CCCCC2C)cc1C(=O)OCC(=O)NC(=O)NCC(F)(F)F. The number of piperidine rings is 1. The predicted molar refractivity (Wildman–Crippen MR) is 106 cm³/mol. The van der Waals surface area contributed by atoms with E-state index < -0.39 is 47.3 Å². The van der Waals surface area contributed by atoms with E-state index in [0.717, 1.165) is 25.3 Å². The van der Waals surface area contributed by atoms with Gasteiger partial charge >= 0.3 is 18.2 Å². The van der Waals surface area contributed by atoms with Gasteiger partial charge in [0.15, 0.2) is 6.61 Å². The number of imide groups is 1. The first-order valence-corrected chi connectivity index (χ1v) is 11.2. The molecule has 178 valence electrons. The summed E-state index contributed by atoms with van der Waals surface area (Å²) < 4.78 is 68.3. The maximum absolute atomic E-state index is 13.0. The molecule has 2 rings (SSSR count). The molecule has 3 amide bonds. The van der Waals surface area contributed by atoms with Crippen LogP contribution in [0.2, 0.25) is 0 Å². The number of nitrogens with one attached hydrogen (secondary N) is 2. The van der Waals surface area contributed by atoms with E-state index in [1.807, 2.05) is 6.92 Å². The van der Waals surface area contributed by atoms with Crippen molar-refractivity contribution in [2.45, 2.75) is 50.2 Å². The smallest absolute Gasteiger partial charge is 0.405 e. The molecule has 13 heteroatoms. The Kier molecular flexibility index (Phi) is 8.24. The van der Waals surface area contributed by atoms with Gasteiger partial charge in [0, 0.05) is 12.6 Å². The van der Waals surface area contributed by atoms with Gasteiger partial charge in [-0.05, 0) is 44.4 Å². The Hall–Kier alpha value is -2.67. The third kappa shape index (κ3) is 6.92. The molecule has 2 N–H and O–H groups in total. The van der Waals surface area contributed by atoms with Crippen LogP contribution >= 0.6 is 0 Å². The van der Waals surface area contributed by atoms with E-state index in [4.69, 9.17) is 4.74 Å². The maximum Gasteiger partial charge on any atom is 0.405 e. The molecule has 0 aliphatic carbocycles. The third-order valence-electron chi connectivity index (χ3n) is 4.81. The van der Waals surface area contributed by atoms with Crippen LogP contribution in [-0.4, -0.2) is 62.5 Å². The van der Waals surface area contributed by atoms with Crippen molar-refractivity contribution in [2.24, 2.45) is 0 Å². The van der Waals surface area contributed by atoms with Gasteiger partial charge in [0.05, 0.1) is 10.5 Å². The summed E-state index contributed by atoms with van der Waals surface area (Å²) in [5.74, 6) is -2.17. The predicted octanol–water partition coefficient (Wildman–Crippen LogP) is 2.10. The first kappa shape index (κ1) is 25.6. The number of esters is 1. The Morgan fingerprint density at radius 1 is 1.22 bits per heavy atom. The second-order valence-corrected chi connectivity index (χ2v) is 9.25. The highest BCUT2D eigenvalue weighted by Gasteiger charge is 2.32. The number of rotatable bonds is 6. The summed E-state index contributed by atoms with van der Waals surface area (Å²) in [5.41, 5.74) is 0.300. The summed E-state index contributed by atoms with van der Waals surface area (Å²) in [6.45, 7) is 1.14. The number of carbonyl (C=O) groups excluding carboxylic acids is 3. The molecule has 1 saturated heterocycles. The molecule has 9 nitrogen and oxygen atoms in total. The monoisotopic (exact) mass is 479 g/mol. The first-order chi connectivity index (χ1) is 14.8. The number of aryl methyl sites for hydroxylation is 1. The van der Waals surface area contributed by atoms with Gasteiger partial charge in [0.2, 0.25) is 10.0 Å². The normalized spacial score (nSPS) is 17.5.